The number of hydrogen-bond acceptors (Lipinski definition) is 1. The number of benzene rings is 1. The lowest BCUT2D eigenvalue weighted by Crippen LogP contribution is -2.51. The molecule has 1 aromatic rings. The van der Waals surface area contributed by atoms with E-state index in [-0.39, 0.29) is 23.3 Å². The van der Waals surface area contributed by atoms with Gasteiger partial charge in [0.25, 0.3) is 0 Å². The predicted molar refractivity (Wildman–Crippen MR) is 96.8 cm³/mol. The van der Waals surface area contributed by atoms with Crippen LogP contribution in [0.5, 0.6) is 0 Å². The van der Waals surface area contributed by atoms with Crippen LogP contribution >= 0.6 is 23.8 Å². The van der Waals surface area contributed by atoms with Gasteiger partial charge in [0.15, 0.2) is 5.11 Å². The van der Waals surface area contributed by atoms with Crippen molar-refractivity contribution in [1.29, 1.82) is 0 Å². The van der Waals surface area contributed by atoms with Gasteiger partial charge in [0.05, 0.1) is 0 Å². The number of hydrogen-bond donors (Lipinski definition) is 2. The van der Waals surface area contributed by atoms with E-state index in [0.29, 0.717) is 15.7 Å². The average Bonchev–Trinajstić information content (AvgIpc) is 2.35. The molecule has 0 saturated heterocycles. The van der Waals surface area contributed by atoms with E-state index in [1.165, 1.54) is 6.07 Å². The molecule has 124 valence electrons. The fourth-order valence-electron chi connectivity index (χ4n) is 2.62. The Morgan fingerprint density at radius 1 is 1.27 bits per heavy atom. The summed E-state index contributed by atoms with van der Waals surface area (Å²) < 4.78 is 13.7. The van der Waals surface area contributed by atoms with Crippen molar-refractivity contribution in [3.05, 3.63) is 34.6 Å². The summed E-state index contributed by atoms with van der Waals surface area (Å²) in [7, 11) is 0. The average molecular weight is 345 g/mol. The van der Waals surface area contributed by atoms with Crippen LogP contribution < -0.4 is 10.6 Å². The van der Waals surface area contributed by atoms with Crippen LogP contribution in [0, 0.1) is 11.2 Å². The smallest absolute Gasteiger partial charge is 0.166 e. The quantitative estimate of drug-likeness (QED) is 0.731. The van der Waals surface area contributed by atoms with Gasteiger partial charge in [0, 0.05) is 22.7 Å². The standard InChI is InChI=1S/C17H26ClFN2S/c1-6-17(5,11-16(2,3)4)21-15(22)20-10-12-13(18)8-7-9-14(12)19/h7-9H,6,10-11H2,1-5H3,(H2,20,21,22). The first kappa shape index (κ1) is 19.2. The molecule has 0 aromatic heterocycles. The maximum atomic E-state index is 13.7. The van der Waals surface area contributed by atoms with Crippen molar-refractivity contribution >= 4 is 28.9 Å². The van der Waals surface area contributed by atoms with Crippen molar-refractivity contribution in [2.45, 2.75) is 59.5 Å². The molecule has 0 saturated carbocycles. The number of thiocarbonyl (C=S) groups is 1. The second kappa shape index (κ2) is 7.60. The van der Waals surface area contributed by atoms with Crippen molar-refractivity contribution in [2.24, 2.45) is 5.41 Å². The van der Waals surface area contributed by atoms with Crippen LogP contribution in [0.4, 0.5) is 4.39 Å². The number of rotatable bonds is 5. The Hall–Kier alpha value is -0.870. The Morgan fingerprint density at radius 2 is 1.91 bits per heavy atom. The van der Waals surface area contributed by atoms with Gasteiger partial charge in [-0.15, -0.1) is 0 Å². The van der Waals surface area contributed by atoms with Gasteiger partial charge in [-0.05, 0) is 49.5 Å². The van der Waals surface area contributed by atoms with Crippen LogP contribution in [-0.2, 0) is 6.54 Å². The Kier molecular flexibility index (Phi) is 6.63. The Balaban J connectivity index is 2.66. The van der Waals surface area contributed by atoms with E-state index in [2.05, 4.69) is 45.3 Å². The molecule has 0 bridgehead atoms. The molecule has 0 radical (unpaired) electrons. The summed E-state index contributed by atoms with van der Waals surface area (Å²) in [6.07, 6.45) is 1.94. The minimum Gasteiger partial charge on any atom is -0.358 e. The van der Waals surface area contributed by atoms with Gasteiger partial charge in [-0.1, -0.05) is 45.4 Å². The molecule has 0 aliphatic heterocycles. The van der Waals surface area contributed by atoms with E-state index in [0.717, 1.165) is 12.8 Å². The monoisotopic (exact) mass is 344 g/mol. The lowest BCUT2D eigenvalue weighted by Gasteiger charge is -2.36. The van der Waals surface area contributed by atoms with Crippen molar-refractivity contribution in [3.63, 3.8) is 0 Å². The zero-order valence-corrected chi connectivity index (χ0v) is 15.6. The van der Waals surface area contributed by atoms with Crippen LogP contribution in [0.15, 0.2) is 18.2 Å². The minimum absolute atomic E-state index is 0.0959. The van der Waals surface area contributed by atoms with Crippen LogP contribution in [0.1, 0.15) is 53.0 Å². The summed E-state index contributed by atoms with van der Waals surface area (Å²) in [5.74, 6) is -0.323. The molecular formula is C17H26ClFN2S. The number of nitrogens with one attached hydrogen (secondary N) is 2. The predicted octanol–water partition coefficient (Wildman–Crippen LogP) is 5.05. The normalized spacial score (nSPS) is 14.3. The van der Waals surface area contributed by atoms with E-state index in [9.17, 15) is 4.39 Å². The maximum absolute atomic E-state index is 13.7. The molecule has 0 spiro atoms. The molecular weight excluding hydrogens is 319 g/mol. The van der Waals surface area contributed by atoms with Crippen LogP contribution in [0.3, 0.4) is 0 Å². The van der Waals surface area contributed by atoms with E-state index in [4.69, 9.17) is 23.8 Å². The first-order valence-electron chi connectivity index (χ1n) is 7.55. The van der Waals surface area contributed by atoms with E-state index >= 15 is 0 Å². The van der Waals surface area contributed by atoms with E-state index in [1.54, 1.807) is 12.1 Å². The third kappa shape index (κ3) is 6.09. The van der Waals surface area contributed by atoms with Crippen molar-refractivity contribution in [3.8, 4) is 0 Å². The van der Waals surface area contributed by atoms with Crippen LogP contribution in [0.25, 0.3) is 0 Å². The van der Waals surface area contributed by atoms with Crippen molar-refractivity contribution in [2.75, 3.05) is 0 Å². The Morgan fingerprint density at radius 3 is 2.41 bits per heavy atom. The molecule has 22 heavy (non-hydrogen) atoms. The van der Waals surface area contributed by atoms with Gasteiger partial charge < -0.3 is 10.6 Å². The lowest BCUT2D eigenvalue weighted by atomic mass is 9.79. The van der Waals surface area contributed by atoms with Gasteiger partial charge in [-0.25, -0.2) is 4.39 Å². The van der Waals surface area contributed by atoms with E-state index in [1.807, 2.05) is 0 Å². The summed E-state index contributed by atoms with van der Waals surface area (Å²) in [5, 5.41) is 7.34. The fraction of sp³-hybridized carbons (Fsp3) is 0.588. The molecule has 0 fully saturated rings. The second-order valence-corrected chi connectivity index (χ2v) is 7.97. The summed E-state index contributed by atoms with van der Waals surface area (Å²) in [6.45, 7) is 11.2. The lowest BCUT2D eigenvalue weighted by molar-refractivity contribution is 0.243. The molecule has 1 atom stereocenters. The zero-order chi connectivity index (χ0) is 17.0. The minimum atomic E-state index is -0.323. The molecule has 1 rings (SSSR count). The molecule has 0 aliphatic rings. The molecule has 2 N–H and O–H groups in total. The Labute approximate surface area is 143 Å². The highest BCUT2D eigenvalue weighted by Crippen LogP contribution is 2.29. The largest absolute Gasteiger partial charge is 0.358 e. The van der Waals surface area contributed by atoms with Gasteiger partial charge in [-0.3, -0.25) is 0 Å². The molecule has 0 aliphatic carbocycles. The van der Waals surface area contributed by atoms with Crippen LogP contribution in [-0.4, -0.2) is 10.7 Å². The third-order valence-corrected chi connectivity index (χ3v) is 4.20. The highest BCUT2D eigenvalue weighted by Gasteiger charge is 2.28. The molecule has 5 heteroatoms. The highest BCUT2D eigenvalue weighted by atomic mass is 35.5. The van der Waals surface area contributed by atoms with Crippen molar-refractivity contribution in [1.82, 2.24) is 10.6 Å². The topological polar surface area (TPSA) is 24.1 Å². The van der Waals surface area contributed by atoms with Gasteiger partial charge >= 0.3 is 0 Å². The molecule has 1 unspecified atom stereocenters. The third-order valence-electron chi connectivity index (χ3n) is 3.60. The first-order valence-corrected chi connectivity index (χ1v) is 8.34. The number of halogens is 2. The van der Waals surface area contributed by atoms with E-state index < -0.39 is 0 Å². The molecule has 2 nitrogen and oxygen atoms in total. The molecule has 1 aromatic carbocycles. The summed E-state index contributed by atoms with van der Waals surface area (Å²) in [6, 6.07) is 4.66. The fourth-order valence-corrected chi connectivity index (χ4v) is 3.16. The SMILES string of the molecule is CCC(C)(CC(C)(C)C)NC(=S)NCc1c(F)cccc1Cl. The molecule has 0 heterocycles. The second-order valence-electron chi connectivity index (χ2n) is 7.16. The maximum Gasteiger partial charge on any atom is 0.166 e. The van der Waals surface area contributed by atoms with Gasteiger partial charge in [-0.2, -0.15) is 0 Å². The van der Waals surface area contributed by atoms with Crippen LogP contribution in [0.2, 0.25) is 5.02 Å². The Bertz CT molecular complexity index is 508. The summed E-state index contributed by atoms with van der Waals surface area (Å²) in [4.78, 5) is 0. The zero-order valence-electron chi connectivity index (χ0n) is 14.0. The summed E-state index contributed by atoms with van der Waals surface area (Å²) in [5.41, 5.74) is 0.533. The van der Waals surface area contributed by atoms with Gasteiger partial charge in [0.1, 0.15) is 5.82 Å². The van der Waals surface area contributed by atoms with Crippen molar-refractivity contribution < 1.29 is 4.39 Å². The summed E-state index contributed by atoms with van der Waals surface area (Å²) >= 11 is 11.4. The van der Waals surface area contributed by atoms with Gasteiger partial charge in [0.2, 0.25) is 0 Å². The first-order chi connectivity index (χ1) is 10.1. The molecule has 0 amide bonds. The highest BCUT2D eigenvalue weighted by molar-refractivity contribution is 7.80.